The quantitative estimate of drug-likeness (QED) is 0.865. The Morgan fingerprint density at radius 1 is 1.14 bits per heavy atom. The van der Waals surface area contributed by atoms with Crippen LogP contribution in [0.3, 0.4) is 0 Å². The first kappa shape index (κ1) is 16.5. The van der Waals surface area contributed by atoms with Gasteiger partial charge in [-0.2, -0.15) is 0 Å². The van der Waals surface area contributed by atoms with Crippen LogP contribution in [0.2, 0.25) is 0 Å². The number of aliphatic hydroxyl groups is 1. The molecule has 120 valence electrons. The predicted molar refractivity (Wildman–Crippen MR) is 84.4 cm³/mol. The van der Waals surface area contributed by atoms with Crippen molar-refractivity contribution in [2.45, 2.75) is 20.0 Å². The van der Waals surface area contributed by atoms with Crippen LogP contribution in [0.5, 0.6) is 0 Å². The molecule has 2 rings (SSSR count). The third-order valence-electron chi connectivity index (χ3n) is 3.86. The number of β-amino-alcohol motifs (C(OH)–C–C–N with tert-alkyl or cyclic N) is 1. The van der Waals surface area contributed by atoms with E-state index in [-0.39, 0.29) is 11.8 Å². The minimum atomic E-state index is -0.574. The summed E-state index contributed by atoms with van der Waals surface area (Å²) in [6.45, 7) is 6.57. The van der Waals surface area contributed by atoms with Crippen LogP contribution in [0, 0.1) is 0 Å². The lowest BCUT2D eigenvalue weighted by Crippen LogP contribution is -2.48. The maximum atomic E-state index is 11.3. The lowest BCUT2D eigenvalue weighted by atomic mass is 10.1. The molecule has 0 spiro atoms. The van der Waals surface area contributed by atoms with Gasteiger partial charge in [0.25, 0.3) is 0 Å². The maximum Gasteiger partial charge on any atom is 0.221 e. The molecule has 1 aliphatic rings. The van der Waals surface area contributed by atoms with Gasteiger partial charge < -0.3 is 15.3 Å². The average molecular weight is 305 g/mol. The van der Waals surface area contributed by atoms with Crippen molar-refractivity contribution < 1.29 is 14.7 Å². The zero-order valence-electron chi connectivity index (χ0n) is 13.1. The van der Waals surface area contributed by atoms with E-state index in [1.165, 1.54) is 6.92 Å². The van der Waals surface area contributed by atoms with E-state index < -0.39 is 6.10 Å². The number of nitrogens with zero attached hydrogens (tertiary/aromatic N) is 2. The number of carbonyl (C=O) groups is 2. The molecule has 1 aromatic carbocycles. The number of benzene rings is 1. The Balaban J connectivity index is 1.86. The van der Waals surface area contributed by atoms with Crippen molar-refractivity contribution in [1.82, 2.24) is 9.80 Å². The smallest absolute Gasteiger partial charge is 0.221 e. The van der Waals surface area contributed by atoms with Crippen LogP contribution >= 0.6 is 0 Å². The second kappa shape index (κ2) is 7.38. The van der Waals surface area contributed by atoms with Gasteiger partial charge >= 0.3 is 0 Å². The standard InChI is InChI=1S/C16H23N3O3/c1-12(20)17-15-5-3-14(4-6-15)16(22)11-18-7-9-19(10-8-18)13(2)21/h3-6,16,22H,7-11H2,1-2H3,(H,17,20). The highest BCUT2D eigenvalue weighted by Crippen LogP contribution is 2.18. The summed E-state index contributed by atoms with van der Waals surface area (Å²) < 4.78 is 0. The number of piperazine rings is 1. The molecule has 1 aromatic rings. The fourth-order valence-corrected chi connectivity index (χ4v) is 2.59. The summed E-state index contributed by atoms with van der Waals surface area (Å²) >= 11 is 0. The molecule has 0 aromatic heterocycles. The van der Waals surface area contributed by atoms with Crippen LogP contribution in [0.1, 0.15) is 25.5 Å². The third kappa shape index (κ3) is 4.54. The first-order valence-electron chi connectivity index (χ1n) is 7.49. The Morgan fingerprint density at radius 2 is 1.73 bits per heavy atom. The number of amides is 2. The number of rotatable bonds is 4. The predicted octanol–water partition coefficient (Wildman–Crippen LogP) is 0.842. The van der Waals surface area contributed by atoms with E-state index in [2.05, 4.69) is 10.2 Å². The maximum absolute atomic E-state index is 11.3. The molecule has 0 saturated carbocycles. The Hall–Kier alpha value is -1.92. The molecule has 22 heavy (non-hydrogen) atoms. The van der Waals surface area contributed by atoms with Crippen molar-refractivity contribution in [1.29, 1.82) is 0 Å². The topological polar surface area (TPSA) is 72.9 Å². The van der Waals surface area contributed by atoms with Gasteiger partial charge in [0.05, 0.1) is 6.10 Å². The number of carbonyl (C=O) groups excluding carboxylic acids is 2. The number of nitrogens with one attached hydrogen (secondary N) is 1. The lowest BCUT2D eigenvalue weighted by Gasteiger charge is -2.35. The molecular weight excluding hydrogens is 282 g/mol. The van der Waals surface area contributed by atoms with E-state index in [0.717, 1.165) is 24.3 Å². The van der Waals surface area contributed by atoms with Gasteiger partial charge in [0, 0.05) is 52.3 Å². The van der Waals surface area contributed by atoms with Crippen molar-refractivity contribution in [3.63, 3.8) is 0 Å². The van der Waals surface area contributed by atoms with Gasteiger partial charge in [0.1, 0.15) is 0 Å². The van der Waals surface area contributed by atoms with Gasteiger partial charge in [0.2, 0.25) is 11.8 Å². The van der Waals surface area contributed by atoms with Gasteiger partial charge in [-0.3, -0.25) is 14.5 Å². The third-order valence-corrected chi connectivity index (χ3v) is 3.86. The molecule has 1 aliphatic heterocycles. The summed E-state index contributed by atoms with van der Waals surface area (Å²) in [5.41, 5.74) is 1.54. The van der Waals surface area contributed by atoms with Gasteiger partial charge in [0.15, 0.2) is 0 Å². The summed E-state index contributed by atoms with van der Waals surface area (Å²) in [7, 11) is 0. The molecule has 6 heteroatoms. The van der Waals surface area contributed by atoms with Crippen LogP contribution in [0.15, 0.2) is 24.3 Å². The molecule has 1 saturated heterocycles. The lowest BCUT2D eigenvalue weighted by molar-refractivity contribution is -0.130. The van der Waals surface area contributed by atoms with Crippen molar-refractivity contribution in [3.8, 4) is 0 Å². The highest BCUT2D eigenvalue weighted by Gasteiger charge is 2.21. The summed E-state index contributed by atoms with van der Waals surface area (Å²) in [6, 6.07) is 7.21. The highest BCUT2D eigenvalue weighted by atomic mass is 16.3. The van der Waals surface area contributed by atoms with Crippen LogP contribution in [0.25, 0.3) is 0 Å². The van der Waals surface area contributed by atoms with E-state index >= 15 is 0 Å². The van der Waals surface area contributed by atoms with Crippen molar-refractivity contribution in [2.75, 3.05) is 38.0 Å². The second-order valence-electron chi connectivity index (χ2n) is 5.63. The van der Waals surface area contributed by atoms with Crippen molar-refractivity contribution in [3.05, 3.63) is 29.8 Å². The normalized spacial score (nSPS) is 17.1. The second-order valence-corrected chi connectivity index (χ2v) is 5.63. The summed E-state index contributed by atoms with van der Waals surface area (Å²) in [5.74, 6) is -0.00889. The molecule has 1 atom stereocenters. The first-order valence-corrected chi connectivity index (χ1v) is 7.49. The van der Waals surface area contributed by atoms with Crippen LogP contribution in [0.4, 0.5) is 5.69 Å². The summed E-state index contributed by atoms with van der Waals surface area (Å²) in [4.78, 5) is 26.2. The molecule has 1 heterocycles. The van der Waals surface area contributed by atoms with E-state index in [0.29, 0.717) is 19.6 Å². The van der Waals surface area contributed by atoms with E-state index in [9.17, 15) is 14.7 Å². The molecule has 1 fully saturated rings. The SMILES string of the molecule is CC(=O)Nc1ccc(C(O)CN2CCN(C(C)=O)CC2)cc1. The molecule has 2 N–H and O–H groups in total. The van der Waals surface area contributed by atoms with Crippen molar-refractivity contribution in [2.24, 2.45) is 0 Å². The molecular formula is C16H23N3O3. The van der Waals surface area contributed by atoms with Gasteiger partial charge in [-0.15, -0.1) is 0 Å². The average Bonchev–Trinajstić information content (AvgIpc) is 2.48. The Morgan fingerprint density at radius 3 is 2.23 bits per heavy atom. The number of anilines is 1. The molecule has 0 bridgehead atoms. The molecule has 0 aliphatic carbocycles. The first-order chi connectivity index (χ1) is 10.5. The zero-order valence-corrected chi connectivity index (χ0v) is 13.1. The Bertz CT molecular complexity index is 522. The van der Waals surface area contributed by atoms with Gasteiger partial charge in [-0.1, -0.05) is 12.1 Å². The van der Waals surface area contributed by atoms with Gasteiger partial charge in [-0.25, -0.2) is 0 Å². The Labute approximate surface area is 130 Å². The largest absolute Gasteiger partial charge is 0.387 e. The fourth-order valence-electron chi connectivity index (χ4n) is 2.59. The van der Waals surface area contributed by atoms with Crippen LogP contribution in [-0.2, 0) is 9.59 Å². The molecule has 0 radical (unpaired) electrons. The highest BCUT2D eigenvalue weighted by molar-refractivity contribution is 5.88. The van der Waals surface area contributed by atoms with Crippen LogP contribution < -0.4 is 5.32 Å². The summed E-state index contributed by atoms with van der Waals surface area (Å²) in [5, 5.41) is 13.0. The Kier molecular flexibility index (Phi) is 5.51. The number of hydrogen-bond acceptors (Lipinski definition) is 4. The van der Waals surface area contributed by atoms with E-state index in [1.54, 1.807) is 19.1 Å². The molecule has 2 amide bonds. The molecule has 6 nitrogen and oxygen atoms in total. The minimum absolute atomic E-state index is 0.105. The zero-order chi connectivity index (χ0) is 16.1. The van der Waals surface area contributed by atoms with Gasteiger partial charge in [-0.05, 0) is 17.7 Å². The number of aliphatic hydroxyl groups excluding tert-OH is 1. The van der Waals surface area contributed by atoms with Crippen molar-refractivity contribution >= 4 is 17.5 Å². The fraction of sp³-hybridized carbons (Fsp3) is 0.500. The molecule has 1 unspecified atom stereocenters. The van der Waals surface area contributed by atoms with E-state index in [1.807, 2.05) is 17.0 Å². The minimum Gasteiger partial charge on any atom is -0.387 e. The van der Waals surface area contributed by atoms with E-state index in [4.69, 9.17) is 0 Å². The summed E-state index contributed by atoms with van der Waals surface area (Å²) in [6.07, 6.45) is -0.574. The monoisotopic (exact) mass is 305 g/mol. The number of hydrogen-bond donors (Lipinski definition) is 2. The van der Waals surface area contributed by atoms with Crippen LogP contribution in [-0.4, -0.2) is 59.4 Å².